The van der Waals surface area contributed by atoms with Gasteiger partial charge in [0, 0.05) is 10.9 Å². The van der Waals surface area contributed by atoms with Crippen molar-refractivity contribution < 1.29 is 9.72 Å². The summed E-state index contributed by atoms with van der Waals surface area (Å²) in [6.07, 6.45) is 3.01. The highest BCUT2D eigenvalue weighted by atomic mass is 32.1. The van der Waals surface area contributed by atoms with Gasteiger partial charge in [-0.25, -0.2) is 0 Å². The minimum Gasteiger partial charge on any atom is -0.289 e. The first-order valence-electron chi connectivity index (χ1n) is 5.18. The van der Waals surface area contributed by atoms with E-state index in [1.807, 2.05) is 17.5 Å². The van der Waals surface area contributed by atoms with Gasteiger partial charge in [0.05, 0.1) is 10.5 Å². The second-order valence-electron chi connectivity index (χ2n) is 3.49. The minimum absolute atomic E-state index is 0.107. The smallest absolute Gasteiger partial charge is 0.280 e. The Morgan fingerprint density at radius 2 is 2.00 bits per heavy atom. The standard InChI is InChI=1S/C13H9NO3S/c15-13(8-7-10-4-3-9-18-10)11-5-1-2-6-12(11)14(16)17/h1-9H/b8-7-. The van der Waals surface area contributed by atoms with E-state index in [2.05, 4.69) is 0 Å². The van der Waals surface area contributed by atoms with Crippen LogP contribution in [0.2, 0.25) is 0 Å². The number of hydrogen-bond donors (Lipinski definition) is 0. The Balaban J connectivity index is 2.27. The van der Waals surface area contributed by atoms with E-state index in [1.54, 1.807) is 12.1 Å². The van der Waals surface area contributed by atoms with Crippen LogP contribution in [0.4, 0.5) is 5.69 Å². The molecule has 0 aliphatic heterocycles. The van der Waals surface area contributed by atoms with Gasteiger partial charge in [0.25, 0.3) is 5.69 Å². The number of nitro groups is 1. The second-order valence-corrected chi connectivity index (χ2v) is 4.47. The molecular weight excluding hydrogens is 250 g/mol. The molecule has 0 amide bonds. The largest absolute Gasteiger partial charge is 0.289 e. The molecule has 4 nitrogen and oxygen atoms in total. The zero-order chi connectivity index (χ0) is 13.0. The predicted octanol–water partition coefficient (Wildman–Crippen LogP) is 3.55. The number of ketones is 1. The number of carbonyl (C=O) groups is 1. The van der Waals surface area contributed by atoms with Crippen LogP contribution in [0.15, 0.2) is 47.9 Å². The van der Waals surface area contributed by atoms with Crippen molar-refractivity contribution in [2.24, 2.45) is 0 Å². The van der Waals surface area contributed by atoms with Gasteiger partial charge in [0.1, 0.15) is 0 Å². The van der Waals surface area contributed by atoms with E-state index in [4.69, 9.17) is 0 Å². The average molecular weight is 259 g/mol. The summed E-state index contributed by atoms with van der Waals surface area (Å²) in [6.45, 7) is 0. The van der Waals surface area contributed by atoms with Gasteiger partial charge in [-0.15, -0.1) is 11.3 Å². The van der Waals surface area contributed by atoms with Gasteiger partial charge < -0.3 is 0 Å². The van der Waals surface area contributed by atoms with E-state index in [0.29, 0.717) is 0 Å². The minimum atomic E-state index is -0.549. The molecule has 0 atom stereocenters. The lowest BCUT2D eigenvalue weighted by atomic mass is 10.1. The Morgan fingerprint density at radius 1 is 1.22 bits per heavy atom. The Labute approximate surface area is 107 Å². The SMILES string of the molecule is O=C(/C=C\c1cccs1)c1ccccc1[N+](=O)[O-]. The zero-order valence-corrected chi connectivity index (χ0v) is 10.1. The molecule has 2 rings (SSSR count). The lowest BCUT2D eigenvalue weighted by Crippen LogP contribution is -2.00. The molecule has 1 heterocycles. The van der Waals surface area contributed by atoms with Gasteiger partial charge in [-0.1, -0.05) is 18.2 Å². The summed E-state index contributed by atoms with van der Waals surface area (Å²) in [5.74, 6) is -0.365. The summed E-state index contributed by atoms with van der Waals surface area (Å²) in [5.41, 5.74) is -0.0614. The number of carbonyl (C=O) groups excluding carboxylic acids is 1. The first-order chi connectivity index (χ1) is 8.68. The number of hydrogen-bond acceptors (Lipinski definition) is 4. The van der Waals surface area contributed by atoms with E-state index in [0.717, 1.165) is 4.88 Å². The second kappa shape index (κ2) is 5.37. The van der Waals surface area contributed by atoms with Crippen LogP contribution in [0.25, 0.3) is 6.08 Å². The normalized spacial score (nSPS) is 10.7. The molecule has 0 spiro atoms. The maximum Gasteiger partial charge on any atom is 0.280 e. The predicted molar refractivity (Wildman–Crippen MR) is 70.8 cm³/mol. The number of nitro benzene ring substituents is 1. The highest BCUT2D eigenvalue weighted by molar-refractivity contribution is 7.10. The number of thiophene rings is 1. The van der Waals surface area contributed by atoms with Crippen molar-refractivity contribution >= 4 is 28.9 Å². The molecule has 0 saturated carbocycles. The molecule has 1 aromatic carbocycles. The molecule has 1 aromatic heterocycles. The highest BCUT2D eigenvalue weighted by Gasteiger charge is 2.16. The van der Waals surface area contributed by atoms with Gasteiger partial charge in [0.2, 0.25) is 0 Å². The molecule has 90 valence electrons. The van der Waals surface area contributed by atoms with Crippen molar-refractivity contribution in [1.29, 1.82) is 0 Å². The van der Waals surface area contributed by atoms with Crippen LogP contribution in [0.3, 0.4) is 0 Å². The summed E-state index contributed by atoms with van der Waals surface area (Å²) >= 11 is 1.50. The van der Waals surface area contributed by atoms with E-state index >= 15 is 0 Å². The number of nitrogens with zero attached hydrogens (tertiary/aromatic N) is 1. The maximum atomic E-state index is 11.9. The molecule has 0 aliphatic rings. The third kappa shape index (κ3) is 2.70. The Hall–Kier alpha value is -2.27. The van der Waals surface area contributed by atoms with Crippen molar-refractivity contribution in [3.63, 3.8) is 0 Å². The number of benzene rings is 1. The van der Waals surface area contributed by atoms with Crippen molar-refractivity contribution in [1.82, 2.24) is 0 Å². The van der Waals surface area contributed by atoms with Crippen LogP contribution in [-0.2, 0) is 0 Å². The summed E-state index contributed by atoms with van der Waals surface area (Å²) < 4.78 is 0. The molecule has 0 N–H and O–H groups in total. The Morgan fingerprint density at radius 3 is 2.67 bits per heavy atom. The van der Waals surface area contributed by atoms with Crippen LogP contribution in [0.5, 0.6) is 0 Å². The fourth-order valence-electron chi connectivity index (χ4n) is 1.47. The molecule has 0 saturated heterocycles. The van der Waals surface area contributed by atoms with Crippen LogP contribution in [-0.4, -0.2) is 10.7 Å². The van der Waals surface area contributed by atoms with Crippen molar-refractivity contribution in [3.8, 4) is 0 Å². The Kier molecular flexibility index (Phi) is 3.64. The highest BCUT2D eigenvalue weighted by Crippen LogP contribution is 2.19. The van der Waals surface area contributed by atoms with Crippen molar-refractivity contribution in [2.45, 2.75) is 0 Å². The average Bonchev–Trinajstić information content (AvgIpc) is 2.89. The van der Waals surface area contributed by atoms with Gasteiger partial charge in [-0.2, -0.15) is 0 Å². The third-order valence-electron chi connectivity index (χ3n) is 2.31. The fourth-order valence-corrected chi connectivity index (χ4v) is 2.09. The lowest BCUT2D eigenvalue weighted by molar-refractivity contribution is -0.385. The van der Waals surface area contributed by atoms with Crippen LogP contribution in [0.1, 0.15) is 15.2 Å². The van der Waals surface area contributed by atoms with Gasteiger partial charge >= 0.3 is 0 Å². The maximum absolute atomic E-state index is 11.9. The first kappa shape index (κ1) is 12.2. The van der Waals surface area contributed by atoms with Crippen molar-refractivity contribution in [2.75, 3.05) is 0 Å². The monoisotopic (exact) mass is 259 g/mol. The van der Waals surface area contributed by atoms with Crippen molar-refractivity contribution in [3.05, 3.63) is 68.4 Å². The van der Waals surface area contributed by atoms with Crippen LogP contribution in [0, 0.1) is 10.1 Å². The zero-order valence-electron chi connectivity index (χ0n) is 9.28. The summed E-state index contributed by atoms with van der Waals surface area (Å²) in [6, 6.07) is 9.68. The molecule has 2 aromatic rings. The topological polar surface area (TPSA) is 60.2 Å². The first-order valence-corrected chi connectivity index (χ1v) is 6.06. The molecule has 0 aliphatic carbocycles. The fraction of sp³-hybridized carbons (Fsp3) is 0. The number of rotatable bonds is 4. The number of allylic oxidation sites excluding steroid dienone is 1. The molecular formula is C13H9NO3S. The van der Waals surface area contributed by atoms with Gasteiger partial charge in [0.15, 0.2) is 5.78 Å². The summed E-state index contributed by atoms with van der Waals surface area (Å²) in [7, 11) is 0. The molecule has 18 heavy (non-hydrogen) atoms. The van der Waals surface area contributed by atoms with Crippen LogP contribution < -0.4 is 0 Å². The molecule has 0 bridgehead atoms. The lowest BCUT2D eigenvalue weighted by Gasteiger charge is -1.97. The van der Waals surface area contributed by atoms with Gasteiger partial charge in [-0.3, -0.25) is 14.9 Å². The summed E-state index contributed by atoms with van der Waals surface area (Å²) in [4.78, 5) is 23.1. The molecule has 0 fully saturated rings. The number of para-hydroxylation sites is 1. The van der Waals surface area contributed by atoms with E-state index < -0.39 is 4.92 Å². The Bertz CT molecular complexity index is 602. The van der Waals surface area contributed by atoms with Crippen LogP contribution >= 0.6 is 11.3 Å². The quantitative estimate of drug-likeness (QED) is 0.365. The molecule has 0 unspecified atom stereocenters. The van der Waals surface area contributed by atoms with E-state index in [9.17, 15) is 14.9 Å². The molecule has 0 radical (unpaired) electrons. The third-order valence-corrected chi connectivity index (χ3v) is 3.15. The molecule has 5 heteroatoms. The van der Waals surface area contributed by atoms with E-state index in [-0.39, 0.29) is 17.0 Å². The summed E-state index contributed by atoms with van der Waals surface area (Å²) in [5, 5.41) is 12.7. The van der Waals surface area contributed by atoms with Gasteiger partial charge in [-0.05, 0) is 29.7 Å². The van der Waals surface area contributed by atoms with E-state index in [1.165, 1.54) is 35.6 Å².